The second-order valence-corrected chi connectivity index (χ2v) is 5.93. The number of hydrogen-bond donors (Lipinski definition) is 1. The lowest BCUT2D eigenvalue weighted by molar-refractivity contribution is 0.457. The highest BCUT2D eigenvalue weighted by molar-refractivity contribution is 5.27. The lowest BCUT2D eigenvalue weighted by atomic mass is 9.96. The Morgan fingerprint density at radius 3 is 2.71 bits per heavy atom. The van der Waals surface area contributed by atoms with Gasteiger partial charge in [0.15, 0.2) is 0 Å². The van der Waals surface area contributed by atoms with Crippen molar-refractivity contribution in [3.63, 3.8) is 0 Å². The zero-order valence-electron chi connectivity index (χ0n) is 12.6. The van der Waals surface area contributed by atoms with Gasteiger partial charge in [-0.25, -0.2) is 9.97 Å². The van der Waals surface area contributed by atoms with Gasteiger partial charge in [0.05, 0.1) is 6.33 Å². The van der Waals surface area contributed by atoms with E-state index in [9.17, 15) is 0 Å². The highest BCUT2D eigenvalue weighted by Crippen LogP contribution is 2.21. The molecule has 0 aromatic carbocycles. The summed E-state index contributed by atoms with van der Waals surface area (Å²) in [6, 6.07) is 0.617. The summed E-state index contributed by atoms with van der Waals surface area (Å²) >= 11 is 0. The molecule has 0 bridgehead atoms. The van der Waals surface area contributed by atoms with E-state index in [-0.39, 0.29) is 0 Å². The molecule has 1 saturated carbocycles. The maximum Gasteiger partial charge on any atom is 0.202 e. The minimum atomic E-state index is 0.617. The number of nitrogens with one attached hydrogen (secondary N) is 1. The van der Waals surface area contributed by atoms with Gasteiger partial charge in [0.2, 0.25) is 5.95 Å². The first-order chi connectivity index (χ1) is 10.4. The van der Waals surface area contributed by atoms with Crippen molar-refractivity contribution in [1.82, 2.24) is 19.1 Å². The Labute approximate surface area is 126 Å². The van der Waals surface area contributed by atoms with Gasteiger partial charge >= 0.3 is 0 Å². The third kappa shape index (κ3) is 4.09. The van der Waals surface area contributed by atoms with Gasteiger partial charge in [-0.05, 0) is 25.7 Å². The Morgan fingerprint density at radius 2 is 1.90 bits per heavy atom. The average Bonchev–Trinajstić information content (AvgIpc) is 3.17. The maximum atomic E-state index is 4.48. The molecule has 1 N–H and O–H groups in total. The Kier molecular flexibility index (Phi) is 4.92. The van der Waals surface area contributed by atoms with Crippen molar-refractivity contribution in [2.45, 2.75) is 64.1 Å². The quantitative estimate of drug-likeness (QED) is 0.795. The second-order valence-electron chi connectivity index (χ2n) is 5.93. The van der Waals surface area contributed by atoms with E-state index < -0.39 is 0 Å². The molecule has 5 heteroatoms. The van der Waals surface area contributed by atoms with Crippen molar-refractivity contribution < 1.29 is 0 Å². The van der Waals surface area contributed by atoms with Crippen molar-refractivity contribution in [1.29, 1.82) is 0 Å². The smallest absolute Gasteiger partial charge is 0.202 e. The SMILES string of the molecule is c1cn(CCCCn2ccnc2NC2CCCCC2)cn1. The normalized spacial score (nSPS) is 16.2. The van der Waals surface area contributed by atoms with Crippen molar-refractivity contribution in [3.05, 3.63) is 31.1 Å². The molecule has 3 rings (SSSR count). The van der Waals surface area contributed by atoms with Gasteiger partial charge in [-0.2, -0.15) is 0 Å². The number of unbranched alkanes of at least 4 members (excludes halogenated alkanes) is 1. The zero-order chi connectivity index (χ0) is 14.3. The minimum Gasteiger partial charge on any atom is -0.353 e. The van der Waals surface area contributed by atoms with E-state index in [1.165, 1.54) is 32.1 Å². The highest BCUT2D eigenvalue weighted by atomic mass is 15.2. The molecule has 1 aliphatic carbocycles. The Balaban J connectivity index is 1.44. The van der Waals surface area contributed by atoms with Crippen molar-refractivity contribution >= 4 is 5.95 Å². The standard InChI is InChI=1S/C16H25N5/c1-2-6-15(7-3-1)19-16-18-9-13-21(16)11-5-4-10-20-12-8-17-14-20/h8-9,12-15H,1-7,10-11H2,(H,18,19). The monoisotopic (exact) mass is 287 g/mol. The fourth-order valence-corrected chi connectivity index (χ4v) is 3.05. The largest absolute Gasteiger partial charge is 0.353 e. The molecule has 2 aromatic rings. The molecule has 5 nitrogen and oxygen atoms in total. The molecular weight excluding hydrogens is 262 g/mol. The summed E-state index contributed by atoms with van der Waals surface area (Å²) in [4.78, 5) is 8.54. The van der Waals surface area contributed by atoms with Crippen LogP contribution in [0.25, 0.3) is 0 Å². The number of aromatic nitrogens is 4. The Hall–Kier alpha value is -1.78. The molecule has 2 aromatic heterocycles. The van der Waals surface area contributed by atoms with E-state index in [1.807, 2.05) is 24.9 Å². The van der Waals surface area contributed by atoms with Crippen molar-refractivity contribution in [3.8, 4) is 0 Å². The van der Waals surface area contributed by atoms with Gasteiger partial charge in [0.1, 0.15) is 0 Å². The first kappa shape index (κ1) is 14.2. The third-order valence-electron chi connectivity index (χ3n) is 4.28. The predicted molar refractivity (Wildman–Crippen MR) is 84.2 cm³/mol. The van der Waals surface area contributed by atoms with E-state index >= 15 is 0 Å². The van der Waals surface area contributed by atoms with Gasteiger partial charge in [-0.3, -0.25) is 0 Å². The van der Waals surface area contributed by atoms with Crippen LogP contribution in [-0.4, -0.2) is 25.1 Å². The predicted octanol–water partition coefficient (Wildman–Crippen LogP) is 3.30. The molecule has 0 saturated heterocycles. The van der Waals surface area contributed by atoms with Crippen molar-refractivity contribution in [2.24, 2.45) is 0 Å². The number of rotatable bonds is 7. The van der Waals surface area contributed by atoms with E-state index in [0.717, 1.165) is 31.9 Å². The van der Waals surface area contributed by atoms with Gasteiger partial charge in [-0.15, -0.1) is 0 Å². The molecular formula is C16H25N5. The van der Waals surface area contributed by atoms with Crippen LogP contribution in [0.5, 0.6) is 0 Å². The van der Waals surface area contributed by atoms with Crippen LogP contribution in [0.2, 0.25) is 0 Å². The van der Waals surface area contributed by atoms with Crippen LogP contribution in [0.3, 0.4) is 0 Å². The van der Waals surface area contributed by atoms with Gasteiger partial charge in [0.25, 0.3) is 0 Å². The molecule has 1 aliphatic rings. The van der Waals surface area contributed by atoms with Crippen LogP contribution in [0, 0.1) is 0 Å². The molecule has 21 heavy (non-hydrogen) atoms. The molecule has 0 amide bonds. The lowest BCUT2D eigenvalue weighted by Crippen LogP contribution is -2.24. The molecule has 0 atom stereocenters. The van der Waals surface area contributed by atoms with Crippen LogP contribution in [0.4, 0.5) is 5.95 Å². The molecule has 1 fully saturated rings. The number of hydrogen-bond acceptors (Lipinski definition) is 3. The molecule has 0 aliphatic heterocycles. The summed E-state index contributed by atoms with van der Waals surface area (Å²) in [5.41, 5.74) is 0. The first-order valence-electron chi connectivity index (χ1n) is 8.15. The fraction of sp³-hybridized carbons (Fsp3) is 0.625. The molecule has 0 unspecified atom stereocenters. The number of anilines is 1. The fourth-order valence-electron chi connectivity index (χ4n) is 3.05. The van der Waals surface area contributed by atoms with Crippen LogP contribution in [0.15, 0.2) is 31.1 Å². The third-order valence-corrected chi connectivity index (χ3v) is 4.28. The summed E-state index contributed by atoms with van der Waals surface area (Å²) in [5.74, 6) is 1.05. The van der Waals surface area contributed by atoms with Crippen LogP contribution >= 0.6 is 0 Å². The van der Waals surface area contributed by atoms with Gasteiger partial charge in [0, 0.05) is 43.9 Å². The summed E-state index contributed by atoms with van der Waals surface area (Å²) in [6.45, 7) is 2.07. The average molecular weight is 287 g/mol. The van der Waals surface area contributed by atoms with E-state index in [0.29, 0.717) is 6.04 Å². The minimum absolute atomic E-state index is 0.617. The maximum absolute atomic E-state index is 4.48. The van der Waals surface area contributed by atoms with Crippen LogP contribution < -0.4 is 5.32 Å². The number of imidazole rings is 2. The highest BCUT2D eigenvalue weighted by Gasteiger charge is 2.14. The summed E-state index contributed by atoms with van der Waals surface area (Å²) in [6.07, 6.45) is 18.7. The lowest BCUT2D eigenvalue weighted by Gasteiger charge is -2.23. The van der Waals surface area contributed by atoms with E-state index in [4.69, 9.17) is 0 Å². The molecule has 0 radical (unpaired) electrons. The first-order valence-corrected chi connectivity index (χ1v) is 8.15. The topological polar surface area (TPSA) is 47.7 Å². The molecule has 0 spiro atoms. The summed E-state index contributed by atoms with van der Waals surface area (Å²) in [5, 5.41) is 3.62. The molecule has 114 valence electrons. The Morgan fingerprint density at radius 1 is 1.05 bits per heavy atom. The van der Waals surface area contributed by atoms with Crippen LogP contribution in [-0.2, 0) is 13.1 Å². The van der Waals surface area contributed by atoms with E-state index in [1.54, 1.807) is 0 Å². The Bertz CT molecular complexity index is 511. The van der Waals surface area contributed by atoms with Gasteiger partial charge in [-0.1, -0.05) is 19.3 Å². The van der Waals surface area contributed by atoms with E-state index in [2.05, 4.69) is 30.6 Å². The number of aryl methyl sites for hydroxylation is 2. The van der Waals surface area contributed by atoms with Crippen molar-refractivity contribution in [2.75, 3.05) is 5.32 Å². The second kappa shape index (κ2) is 7.29. The molecule has 2 heterocycles. The summed E-state index contributed by atoms with van der Waals surface area (Å²) < 4.78 is 4.39. The number of nitrogens with zero attached hydrogens (tertiary/aromatic N) is 4. The van der Waals surface area contributed by atoms with Crippen LogP contribution in [0.1, 0.15) is 44.9 Å². The zero-order valence-corrected chi connectivity index (χ0v) is 12.6. The van der Waals surface area contributed by atoms with Gasteiger partial charge < -0.3 is 14.5 Å². The summed E-state index contributed by atoms with van der Waals surface area (Å²) in [7, 11) is 0.